The second-order valence-corrected chi connectivity index (χ2v) is 4.47. The second kappa shape index (κ2) is 5.28. The SMILES string of the molecule is CCc1ccc(CNc2cc(Cl)ccc2C)o1. The Hall–Kier alpha value is -1.41. The van der Waals surface area contributed by atoms with Crippen LogP contribution in [0.15, 0.2) is 34.7 Å². The van der Waals surface area contributed by atoms with Crippen molar-refractivity contribution in [2.24, 2.45) is 0 Å². The Balaban J connectivity index is 2.04. The standard InChI is InChI=1S/C14H16ClNO/c1-3-12-6-7-13(17-12)9-16-14-8-11(15)5-4-10(14)2/h4-8,16H,3,9H2,1-2H3. The first-order valence-electron chi connectivity index (χ1n) is 5.76. The Labute approximate surface area is 107 Å². The number of furan rings is 1. The normalized spacial score (nSPS) is 10.5. The van der Waals surface area contributed by atoms with Crippen molar-refractivity contribution >= 4 is 17.3 Å². The molecule has 0 atom stereocenters. The Kier molecular flexibility index (Phi) is 3.75. The minimum Gasteiger partial charge on any atom is -0.464 e. The smallest absolute Gasteiger partial charge is 0.123 e. The molecule has 2 rings (SSSR count). The van der Waals surface area contributed by atoms with Gasteiger partial charge in [-0.3, -0.25) is 0 Å². The van der Waals surface area contributed by atoms with Crippen molar-refractivity contribution in [3.8, 4) is 0 Å². The lowest BCUT2D eigenvalue weighted by molar-refractivity contribution is 0.476. The number of hydrogen-bond donors (Lipinski definition) is 1. The quantitative estimate of drug-likeness (QED) is 0.868. The Morgan fingerprint density at radius 3 is 2.65 bits per heavy atom. The molecule has 3 heteroatoms. The lowest BCUT2D eigenvalue weighted by Crippen LogP contribution is -1.99. The highest BCUT2D eigenvalue weighted by molar-refractivity contribution is 6.30. The highest BCUT2D eigenvalue weighted by atomic mass is 35.5. The van der Waals surface area contributed by atoms with Gasteiger partial charge in [0.15, 0.2) is 0 Å². The number of rotatable bonds is 4. The van der Waals surface area contributed by atoms with Crippen LogP contribution in [0.3, 0.4) is 0 Å². The van der Waals surface area contributed by atoms with Gasteiger partial charge in [-0.2, -0.15) is 0 Å². The molecule has 0 radical (unpaired) electrons. The maximum Gasteiger partial charge on any atom is 0.123 e. The van der Waals surface area contributed by atoms with Crippen LogP contribution in [-0.2, 0) is 13.0 Å². The fraction of sp³-hybridized carbons (Fsp3) is 0.286. The molecule has 0 saturated carbocycles. The lowest BCUT2D eigenvalue weighted by atomic mass is 10.2. The van der Waals surface area contributed by atoms with Gasteiger partial charge in [-0.05, 0) is 36.8 Å². The molecule has 1 N–H and O–H groups in total. The van der Waals surface area contributed by atoms with E-state index in [2.05, 4.69) is 19.2 Å². The lowest BCUT2D eigenvalue weighted by Gasteiger charge is -2.08. The van der Waals surface area contributed by atoms with Crippen LogP contribution in [0.2, 0.25) is 5.02 Å². The Morgan fingerprint density at radius 2 is 1.94 bits per heavy atom. The maximum atomic E-state index is 5.96. The zero-order valence-electron chi connectivity index (χ0n) is 10.1. The molecule has 0 fully saturated rings. The summed E-state index contributed by atoms with van der Waals surface area (Å²) in [4.78, 5) is 0. The summed E-state index contributed by atoms with van der Waals surface area (Å²) in [7, 11) is 0. The number of anilines is 1. The van der Waals surface area contributed by atoms with E-state index in [1.807, 2.05) is 30.3 Å². The van der Waals surface area contributed by atoms with Crippen LogP contribution in [0.1, 0.15) is 24.0 Å². The van der Waals surface area contributed by atoms with E-state index in [-0.39, 0.29) is 0 Å². The van der Waals surface area contributed by atoms with Crippen molar-refractivity contribution in [2.75, 3.05) is 5.32 Å². The number of halogens is 1. The van der Waals surface area contributed by atoms with Crippen molar-refractivity contribution in [1.29, 1.82) is 0 Å². The van der Waals surface area contributed by atoms with Gasteiger partial charge in [-0.15, -0.1) is 0 Å². The van der Waals surface area contributed by atoms with Crippen LogP contribution >= 0.6 is 11.6 Å². The highest BCUT2D eigenvalue weighted by Gasteiger charge is 2.02. The third-order valence-electron chi connectivity index (χ3n) is 2.72. The van der Waals surface area contributed by atoms with Gasteiger partial charge >= 0.3 is 0 Å². The molecule has 1 aromatic heterocycles. The predicted octanol–water partition coefficient (Wildman–Crippen LogP) is 4.42. The molecule has 2 aromatic rings. The first kappa shape index (κ1) is 12.1. The summed E-state index contributed by atoms with van der Waals surface area (Å²) in [5.41, 5.74) is 2.23. The van der Waals surface area contributed by atoms with Gasteiger partial charge in [-0.1, -0.05) is 24.6 Å². The highest BCUT2D eigenvalue weighted by Crippen LogP contribution is 2.21. The molecule has 17 heavy (non-hydrogen) atoms. The van der Waals surface area contributed by atoms with Gasteiger partial charge in [0.2, 0.25) is 0 Å². The summed E-state index contributed by atoms with van der Waals surface area (Å²) < 4.78 is 5.63. The van der Waals surface area contributed by atoms with Crippen LogP contribution < -0.4 is 5.32 Å². The first-order valence-corrected chi connectivity index (χ1v) is 6.14. The van der Waals surface area contributed by atoms with E-state index in [1.54, 1.807) is 0 Å². The summed E-state index contributed by atoms with van der Waals surface area (Å²) >= 11 is 5.96. The molecule has 90 valence electrons. The zero-order chi connectivity index (χ0) is 12.3. The molecular weight excluding hydrogens is 234 g/mol. The van der Waals surface area contributed by atoms with Crippen LogP contribution in [0, 0.1) is 6.92 Å². The van der Waals surface area contributed by atoms with Crippen molar-refractivity contribution in [1.82, 2.24) is 0 Å². The average Bonchev–Trinajstić information content (AvgIpc) is 2.78. The largest absolute Gasteiger partial charge is 0.464 e. The van der Waals surface area contributed by atoms with Crippen LogP contribution in [0.4, 0.5) is 5.69 Å². The molecule has 1 aromatic carbocycles. The number of hydrogen-bond acceptors (Lipinski definition) is 2. The van der Waals surface area contributed by atoms with E-state index in [0.29, 0.717) is 6.54 Å². The minimum absolute atomic E-state index is 0.682. The number of nitrogens with one attached hydrogen (secondary N) is 1. The zero-order valence-corrected chi connectivity index (χ0v) is 10.8. The molecular formula is C14H16ClNO. The summed E-state index contributed by atoms with van der Waals surface area (Å²) in [6.07, 6.45) is 0.927. The molecule has 0 aliphatic rings. The third kappa shape index (κ3) is 3.04. The minimum atomic E-state index is 0.682. The van der Waals surface area contributed by atoms with E-state index in [9.17, 15) is 0 Å². The summed E-state index contributed by atoms with van der Waals surface area (Å²) in [5.74, 6) is 1.96. The third-order valence-corrected chi connectivity index (χ3v) is 2.95. The van der Waals surface area contributed by atoms with Crippen molar-refractivity contribution in [3.63, 3.8) is 0 Å². The van der Waals surface area contributed by atoms with Crippen molar-refractivity contribution in [3.05, 3.63) is 52.4 Å². The summed E-state index contributed by atoms with van der Waals surface area (Å²) in [6, 6.07) is 9.85. The molecule has 0 saturated heterocycles. The van der Waals surface area contributed by atoms with Crippen LogP contribution in [-0.4, -0.2) is 0 Å². The summed E-state index contributed by atoms with van der Waals surface area (Å²) in [5, 5.41) is 4.07. The van der Waals surface area contributed by atoms with Gasteiger partial charge in [0.25, 0.3) is 0 Å². The molecule has 0 aliphatic carbocycles. The monoisotopic (exact) mass is 249 g/mol. The van der Waals surface area contributed by atoms with Crippen LogP contribution in [0.5, 0.6) is 0 Å². The second-order valence-electron chi connectivity index (χ2n) is 4.03. The average molecular weight is 250 g/mol. The van der Waals surface area contributed by atoms with Crippen molar-refractivity contribution < 1.29 is 4.42 Å². The molecule has 0 bridgehead atoms. The van der Waals surface area contributed by atoms with Gasteiger partial charge in [0.1, 0.15) is 11.5 Å². The van der Waals surface area contributed by atoms with Gasteiger partial charge < -0.3 is 9.73 Å². The molecule has 0 amide bonds. The molecule has 0 aliphatic heterocycles. The number of benzene rings is 1. The Morgan fingerprint density at radius 1 is 1.18 bits per heavy atom. The van der Waals surface area contributed by atoms with Gasteiger partial charge in [-0.25, -0.2) is 0 Å². The van der Waals surface area contributed by atoms with Gasteiger partial charge in [0.05, 0.1) is 6.54 Å². The fourth-order valence-electron chi connectivity index (χ4n) is 1.67. The number of aryl methyl sites for hydroxylation is 2. The molecule has 2 nitrogen and oxygen atoms in total. The van der Waals surface area contributed by atoms with E-state index in [4.69, 9.17) is 16.0 Å². The van der Waals surface area contributed by atoms with Crippen LogP contribution in [0.25, 0.3) is 0 Å². The van der Waals surface area contributed by atoms with Gasteiger partial charge in [0, 0.05) is 17.1 Å². The Bertz CT molecular complexity index is 505. The summed E-state index contributed by atoms with van der Waals surface area (Å²) in [6.45, 7) is 4.82. The van der Waals surface area contributed by atoms with E-state index < -0.39 is 0 Å². The van der Waals surface area contributed by atoms with E-state index >= 15 is 0 Å². The van der Waals surface area contributed by atoms with Crippen molar-refractivity contribution in [2.45, 2.75) is 26.8 Å². The first-order chi connectivity index (χ1) is 8.19. The molecule has 1 heterocycles. The predicted molar refractivity (Wildman–Crippen MR) is 71.6 cm³/mol. The fourth-order valence-corrected chi connectivity index (χ4v) is 1.85. The van der Waals surface area contributed by atoms with E-state index in [0.717, 1.165) is 28.7 Å². The molecule has 0 unspecified atom stereocenters. The van der Waals surface area contributed by atoms with E-state index in [1.165, 1.54) is 5.56 Å². The molecule has 0 spiro atoms. The topological polar surface area (TPSA) is 25.2 Å². The maximum absolute atomic E-state index is 5.96.